The third-order valence-corrected chi connectivity index (χ3v) is 7.76. The molecule has 0 radical (unpaired) electrons. The molecule has 6 nitrogen and oxygen atoms in total. The number of hydrogen-bond acceptors (Lipinski definition) is 4. The van der Waals surface area contributed by atoms with E-state index in [9.17, 15) is 18.5 Å². The maximum Gasteiger partial charge on any atom is 0.269 e. The molecule has 3 aromatic rings. The molecule has 174 valence electrons. The molecule has 0 aliphatic heterocycles. The summed E-state index contributed by atoms with van der Waals surface area (Å²) in [5, 5.41) is 11.0. The number of rotatable bonds is 8. The second-order valence-electron chi connectivity index (χ2n) is 8.28. The van der Waals surface area contributed by atoms with Gasteiger partial charge < -0.3 is 0 Å². The number of nitrogens with zero attached hydrogens (tertiary/aromatic N) is 1. The van der Waals surface area contributed by atoms with Crippen molar-refractivity contribution in [2.75, 3.05) is 6.54 Å². The first-order valence-corrected chi connectivity index (χ1v) is 12.6. The van der Waals surface area contributed by atoms with Crippen LogP contribution in [0, 0.1) is 16.0 Å². The van der Waals surface area contributed by atoms with Gasteiger partial charge in [-0.2, -0.15) is 0 Å². The van der Waals surface area contributed by atoms with Gasteiger partial charge >= 0.3 is 0 Å². The number of sulfonamides is 1. The van der Waals surface area contributed by atoms with Crippen LogP contribution in [0.1, 0.15) is 24.0 Å². The number of nitro benzene ring substituents is 1. The van der Waals surface area contributed by atoms with Crippen LogP contribution in [0.2, 0.25) is 0 Å². The van der Waals surface area contributed by atoms with E-state index in [1.807, 2.05) is 72.8 Å². The predicted octanol–water partition coefficient (Wildman–Crippen LogP) is 5.38. The summed E-state index contributed by atoms with van der Waals surface area (Å²) in [5.74, 6) is 0.0341. The van der Waals surface area contributed by atoms with Crippen LogP contribution in [-0.4, -0.2) is 19.9 Å². The molecule has 0 amide bonds. The second kappa shape index (κ2) is 10.2. The summed E-state index contributed by atoms with van der Waals surface area (Å²) in [6.45, 7) is 0.134. The van der Waals surface area contributed by atoms with Crippen molar-refractivity contribution in [2.45, 2.75) is 23.2 Å². The van der Waals surface area contributed by atoms with Gasteiger partial charge in [0.2, 0.25) is 10.0 Å². The Morgan fingerprint density at radius 3 is 2.03 bits per heavy atom. The van der Waals surface area contributed by atoms with Crippen LogP contribution in [0.3, 0.4) is 0 Å². The van der Waals surface area contributed by atoms with Gasteiger partial charge in [0.1, 0.15) is 0 Å². The fourth-order valence-corrected chi connectivity index (χ4v) is 5.67. The lowest BCUT2D eigenvalue weighted by atomic mass is 9.64. The van der Waals surface area contributed by atoms with Crippen molar-refractivity contribution in [3.63, 3.8) is 0 Å². The lowest BCUT2D eigenvalue weighted by Gasteiger charge is -2.41. The molecule has 1 aliphatic rings. The van der Waals surface area contributed by atoms with E-state index < -0.39 is 20.4 Å². The van der Waals surface area contributed by atoms with E-state index in [2.05, 4.69) is 16.9 Å². The summed E-state index contributed by atoms with van der Waals surface area (Å²) in [4.78, 5) is 10.4. The SMILES string of the molecule is O=[N+]([O-])c1ccc(S(=O)(=O)NCC(c2ccccc2)(c2ccccc2)C2C=CC=CCC2)cc1. The van der Waals surface area contributed by atoms with Crippen LogP contribution in [-0.2, 0) is 15.4 Å². The third kappa shape index (κ3) is 4.85. The first-order valence-electron chi connectivity index (χ1n) is 11.1. The van der Waals surface area contributed by atoms with Gasteiger partial charge in [0.25, 0.3) is 5.69 Å². The van der Waals surface area contributed by atoms with E-state index in [0.717, 1.165) is 24.0 Å². The molecular weight excluding hydrogens is 448 g/mol. The first-order chi connectivity index (χ1) is 16.4. The summed E-state index contributed by atoms with van der Waals surface area (Å²) >= 11 is 0. The van der Waals surface area contributed by atoms with Crippen LogP contribution in [0.5, 0.6) is 0 Å². The third-order valence-electron chi connectivity index (χ3n) is 6.34. The Hall–Kier alpha value is -3.55. The van der Waals surface area contributed by atoms with E-state index >= 15 is 0 Å². The number of non-ortho nitro benzene ring substituents is 1. The lowest BCUT2D eigenvalue weighted by molar-refractivity contribution is -0.384. The zero-order chi connectivity index (χ0) is 24.0. The van der Waals surface area contributed by atoms with Crippen molar-refractivity contribution >= 4 is 15.7 Å². The fraction of sp³-hybridized carbons (Fsp3) is 0.185. The largest absolute Gasteiger partial charge is 0.269 e. The average Bonchev–Trinajstić information content (AvgIpc) is 3.16. The molecule has 4 rings (SSSR count). The molecule has 34 heavy (non-hydrogen) atoms. The van der Waals surface area contributed by atoms with E-state index in [1.165, 1.54) is 24.3 Å². The Balaban J connectivity index is 1.78. The van der Waals surface area contributed by atoms with E-state index in [-0.39, 0.29) is 23.0 Å². The molecule has 7 heteroatoms. The molecule has 1 aliphatic carbocycles. The van der Waals surface area contributed by atoms with Crippen molar-refractivity contribution < 1.29 is 13.3 Å². The minimum Gasteiger partial charge on any atom is -0.258 e. The maximum atomic E-state index is 13.3. The van der Waals surface area contributed by atoms with Gasteiger partial charge in [-0.15, -0.1) is 0 Å². The average molecular weight is 475 g/mol. The standard InChI is InChI=1S/C27H26N2O4S/c30-29(31)25-17-19-26(20-18-25)34(32,33)28-21-27(23-13-7-3-8-14-23,24-15-9-4-10-16-24)22-11-5-1-2-6-12-22/h1-5,7-11,13-20,22,28H,6,12,21H2. The summed E-state index contributed by atoms with van der Waals surface area (Å²) in [6.07, 6.45) is 10.1. The van der Waals surface area contributed by atoms with Crippen LogP contribution in [0.25, 0.3) is 0 Å². The highest BCUT2D eigenvalue weighted by atomic mass is 32.2. The smallest absolute Gasteiger partial charge is 0.258 e. The van der Waals surface area contributed by atoms with Gasteiger partial charge in [-0.05, 0) is 42.0 Å². The van der Waals surface area contributed by atoms with Crippen LogP contribution in [0.4, 0.5) is 5.69 Å². The predicted molar refractivity (Wildman–Crippen MR) is 133 cm³/mol. The second-order valence-corrected chi connectivity index (χ2v) is 10.0. The zero-order valence-electron chi connectivity index (χ0n) is 18.6. The molecule has 0 fully saturated rings. The van der Waals surface area contributed by atoms with E-state index in [1.54, 1.807) is 0 Å². The highest BCUT2D eigenvalue weighted by molar-refractivity contribution is 7.89. The molecule has 0 bridgehead atoms. The summed E-state index contributed by atoms with van der Waals surface area (Å²) in [5.41, 5.74) is 1.23. The number of nitrogens with one attached hydrogen (secondary N) is 1. The van der Waals surface area contributed by atoms with Crippen molar-refractivity contribution in [2.24, 2.45) is 5.92 Å². The zero-order valence-corrected chi connectivity index (χ0v) is 19.4. The molecule has 0 saturated heterocycles. The highest BCUT2D eigenvalue weighted by Crippen LogP contribution is 2.43. The van der Waals surface area contributed by atoms with Crippen LogP contribution >= 0.6 is 0 Å². The molecule has 1 unspecified atom stereocenters. The Morgan fingerprint density at radius 1 is 0.882 bits per heavy atom. The van der Waals surface area contributed by atoms with Gasteiger partial charge in [-0.1, -0.05) is 85.0 Å². The Bertz CT molecular complexity index is 1250. The monoisotopic (exact) mass is 474 g/mol. The summed E-state index contributed by atoms with van der Waals surface area (Å²) in [6, 6.07) is 24.9. The first kappa shape index (κ1) is 23.6. The lowest BCUT2D eigenvalue weighted by Crippen LogP contribution is -2.46. The van der Waals surface area contributed by atoms with Gasteiger partial charge in [0, 0.05) is 24.1 Å². The van der Waals surface area contributed by atoms with Crippen molar-refractivity contribution in [1.82, 2.24) is 4.72 Å². The van der Waals surface area contributed by atoms with E-state index in [4.69, 9.17) is 0 Å². The molecule has 0 aromatic heterocycles. The van der Waals surface area contributed by atoms with E-state index in [0.29, 0.717) is 0 Å². The van der Waals surface area contributed by atoms with Crippen molar-refractivity contribution in [3.8, 4) is 0 Å². The highest BCUT2D eigenvalue weighted by Gasteiger charge is 2.41. The molecule has 0 saturated carbocycles. The van der Waals surface area contributed by atoms with Gasteiger partial charge in [-0.25, -0.2) is 13.1 Å². The molecule has 1 N–H and O–H groups in total. The number of allylic oxidation sites excluding steroid dienone is 4. The quantitative estimate of drug-likeness (QED) is 0.351. The van der Waals surface area contributed by atoms with Crippen molar-refractivity contribution in [1.29, 1.82) is 0 Å². The van der Waals surface area contributed by atoms with Gasteiger partial charge in [0.15, 0.2) is 0 Å². The van der Waals surface area contributed by atoms with Crippen molar-refractivity contribution in [3.05, 3.63) is 130 Å². The molecule has 3 aromatic carbocycles. The molecule has 1 atom stereocenters. The topological polar surface area (TPSA) is 89.3 Å². The number of benzene rings is 3. The molecular formula is C27H26N2O4S. The maximum absolute atomic E-state index is 13.3. The van der Waals surface area contributed by atoms with Gasteiger partial charge in [0.05, 0.1) is 9.82 Å². The molecule has 0 spiro atoms. The minimum absolute atomic E-state index is 0.00815. The van der Waals surface area contributed by atoms with Crippen LogP contribution in [0.15, 0.2) is 114 Å². The Kier molecular flexibility index (Phi) is 7.05. The summed E-state index contributed by atoms with van der Waals surface area (Å²) in [7, 11) is -3.91. The fourth-order valence-electron chi connectivity index (χ4n) is 4.60. The Morgan fingerprint density at radius 2 is 1.47 bits per heavy atom. The Labute approximate surface area is 199 Å². The van der Waals surface area contributed by atoms with Crippen LogP contribution < -0.4 is 4.72 Å². The van der Waals surface area contributed by atoms with Gasteiger partial charge in [-0.3, -0.25) is 10.1 Å². The molecule has 0 heterocycles. The number of nitro groups is 1. The normalized spacial score (nSPS) is 16.2. The summed E-state index contributed by atoms with van der Waals surface area (Å²) < 4.78 is 29.4. The minimum atomic E-state index is -3.91. The number of hydrogen-bond donors (Lipinski definition) is 1.